The molecule has 2 N–H and O–H groups in total. The van der Waals surface area contributed by atoms with Gasteiger partial charge >= 0.3 is 0 Å². The molecule has 0 unspecified atom stereocenters. The molecule has 0 amide bonds. The third kappa shape index (κ3) is 3.76. The Morgan fingerprint density at radius 1 is 1.22 bits per heavy atom. The molecule has 0 aliphatic heterocycles. The van der Waals surface area contributed by atoms with Crippen LogP contribution in [-0.4, -0.2) is 4.57 Å². The largest absolute Gasteiger partial charge is 0.494 e. The van der Waals surface area contributed by atoms with Crippen molar-refractivity contribution < 1.29 is 9.13 Å². The first-order chi connectivity index (χ1) is 13.0. The molecule has 0 radical (unpaired) electrons. The summed E-state index contributed by atoms with van der Waals surface area (Å²) in [6.45, 7) is 10.8. The van der Waals surface area contributed by atoms with Gasteiger partial charge in [-0.05, 0) is 43.2 Å². The van der Waals surface area contributed by atoms with E-state index in [1.807, 2.05) is 25.1 Å². The monoisotopic (exact) mass is 366 g/mol. The highest BCUT2D eigenvalue weighted by Crippen LogP contribution is 2.35. The summed E-state index contributed by atoms with van der Waals surface area (Å²) >= 11 is 0. The van der Waals surface area contributed by atoms with Crippen LogP contribution in [0.1, 0.15) is 44.4 Å². The third-order valence-corrected chi connectivity index (χ3v) is 4.88. The number of aromatic nitrogens is 1. The second kappa shape index (κ2) is 7.97. The lowest BCUT2D eigenvalue weighted by Crippen LogP contribution is -2.02. The zero-order valence-electron chi connectivity index (χ0n) is 16.3. The van der Waals surface area contributed by atoms with Gasteiger partial charge in [-0.25, -0.2) is 4.39 Å². The highest BCUT2D eigenvalue weighted by atomic mass is 19.1. The van der Waals surface area contributed by atoms with Crippen molar-refractivity contribution in [3.8, 4) is 11.1 Å². The van der Waals surface area contributed by atoms with Gasteiger partial charge in [0.05, 0.1) is 5.76 Å². The number of fused-ring (bicyclic) bond motifs is 1. The van der Waals surface area contributed by atoms with E-state index in [0.29, 0.717) is 23.8 Å². The molecular weight excluding hydrogens is 339 g/mol. The van der Waals surface area contributed by atoms with E-state index >= 15 is 4.39 Å². The van der Waals surface area contributed by atoms with Gasteiger partial charge in [-0.2, -0.15) is 0 Å². The van der Waals surface area contributed by atoms with E-state index in [9.17, 15) is 0 Å². The summed E-state index contributed by atoms with van der Waals surface area (Å²) < 4.78 is 23.0. The van der Waals surface area contributed by atoms with Gasteiger partial charge in [0.1, 0.15) is 12.4 Å². The van der Waals surface area contributed by atoms with Crippen molar-refractivity contribution in [2.45, 2.75) is 46.4 Å². The van der Waals surface area contributed by atoms with E-state index in [1.54, 1.807) is 6.07 Å². The molecular formula is C23H27FN2O. The number of nitrogens with zero attached hydrogens (tertiary/aromatic N) is 1. The fourth-order valence-corrected chi connectivity index (χ4v) is 3.31. The van der Waals surface area contributed by atoms with Crippen LogP contribution in [0.3, 0.4) is 0 Å². The van der Waals surface area contributed by atoms with Gasteiger partial charge in [0.25, 0.3) is 0 Å². The Bertz CT molecular complexity index is 972. The standard InChI is InChI=1S/C23H27FN2O/c1-5-16(4)27-14-17-11-21(20-8-6-7-18(13-25)23(20)24)19-9-10-26(15(2)3)22(19)12-17/h6-12,15H,4-5,13-14,25H2,1-3H3. The molecule has 1 heterocycles. The van der Waals surface area contributed by atoms with Crippen LogP contribution in [0.5, 0.6) is 0 Å². The van der Waals surface area contributed by atoms with Crippen LogP contribution in [0.15, 0.2) is 54.9 Å². The van der Waals surface area contributed by atoms with Crippen LogP contribution in [0, 0.1) is 5.82 Å². The lowest BCUT2D eigenvalue weighted by atomic mass is 9.96. The van der Waals surface area contributed by atoms with Crippen LogP contribution in [-0.2, 0) is 17.9 Å². The van der Waals surface area contributed by atoms with E-state index in [0.717, 1.165) is 34.2 Å². The number of allylic oxidation sites excluding steroid dienone is 1. The van der Waals surface area contributed by atoms with E-state index in [-0.39, 0.29) is 12.4 Å². The summed E-state index contributed by atoms with van der Waals surface area (Å²) in [4.78, 5) is 0. The molecule has 2 aromatic carbocycles. The van der Waals surface area contributed by atoms with Crippen molar-refractivity contribution in [1.82, 2.24) is 4.57 Å². The van der Waals surface area contributed by atoms with Crippen molar-refractivity contribution in [3.05, 3.63) is 71.9 Å². The molecule has 1 aromatic heterocycles. The van der Waals surface area contributed by atoms with Crippen molar-refractivity contribution in [2.75, 3.05) is 0 Å². The number of rotatable bonds is 7. The lowest BCUT2D eigenvalue weighted by Gasteiger charge is -2.15. The predicted octanol–water partition coefficient (Wildman–Crippen LogP) is 5.93. The zero-order valence-corrected chi connectivity index (χ0v) is 16.3. The molecule has 27 heavy (non-hydrogen) atoms. The van der Waals surface area contributed by atoms with Gasteiger partial charge in [-0.15, -0.1) is 0 Å². The maximum absolute atomic E-state index is 15.0. The number of hydrogen-bond acceptors (Lipinski definition) is 2. The van der Waals surface area contributed by atoms with Crippen LogP contribution in [0.25, 0.3) is 22.0 Å². The van der Waals surface area contributed by atoms with Crippen LogP contribution >= 0.6 is 0 Å². The third-order valence-electron chi connectivity index (χ3n) is 4.88. The molecule has 0 aliphatic carbocycles. The van der Waals surface area contributed by atoms with Gasteiger partial charge in [-0.3, -0.25) is 0 Å². The number of halogens is 1. The molecule has 142 valence electrons. The lowest BCUT2D eigenvalue weighted by molar-refractivity contribution is 0.193. The maximum atomic E-state index is 15.0. The minimum Gasteiger partial charge on any atom is -0.494 e. The average molecular weight is 366 g/mol. The van der Waals surface area contributed by atoms with E-state index < -0.39 is 0 Å². The topological polar surface area (TPSA) is 40.2 Å². The number of benzene rings is 2. The van der Waals surface area contributed by atoms with E-state index in [2.05, 4.69) is 43.3 Å². The van der Waals surface area contributed by atoms with Crippen LogP contribution in [0.4, 0.5) is 4.39 Å². The maximum Gasteiger partial charge on any atom is 0.135 e. The summed E-state index contributed by atoms with van der Waals surface area (Å²) in [6.07, 6.45) is 2.82. The Morgan fingerprint density at radius 3 is 2.67 bits per heavy atom. The summed E-state index contributed by atoms with van der Waals surface area (Å²) in [7, 11) is 0. The molecule has 0 saturated carbocycles. The summed E-state index contributed by atoms with van der Waals surface area (Å²) in [5.74, 6) is 0.488. The first kappa shape index (κ1) is 19.2. The second-order valence-electron chi connectivity index (χ2n) is 7.06. The number of ether oxygens (including phenoxy) is 1. The van der Waals surface area contributed by atoms with Crippen molar-refractivity contribution in [1.29, 1.82) is 0 Å². The Kier molecular flexibility index (Phi) is 5.66. The van der Waals surface area contributed by atoms with Gasteiger partial charge in [0.2, 0.25) is 0 Å². The summed E-state index contributed by atoms with van der Waals surface area (Å²) in [6, 6.07) is 11.9. The molecule has 0 saturated heterocycles. The van der Waals surface area contributed by atoms with E-state index in [1.165, 1.54) is 0 Å². The Hall–Kier alpha value is -2.59. The SMILES string of the molecule is C=C(CC)OCc1cc(-c2cccc(CN)c2F)c2ccn(C(C)C)c2c1. The molecule has 0 bridgehead atoms. The highest BCUT2D eigenvalue weighted by molar-refractivity contribution is 5.96. The molecule has 0 spiro atoms. The van der Waals surface area contributed by atoms with Crippen LogP contribution in [0.2, 0.25) is 0 Å². The minimum atomic E-state index is -0.255. The zero-order chi connectivity index (χ0) is 19.6. The second-order valence-corrected chi connectivity index (χ2v) is 7.06. The Labute approximate surface area is 160 Å². The quantitative estimate of drug-likeness (QED) is 0.527. The smallest absolute Gasteiger partial charge is 0.135 e. The van der Waals surface area contributed by atoms with Crippen molar-refractivity contribution >= 4 is 10.9 Å². The minimum absolute atomic E-state index is 0.176. The van der Waals surface area contributed by atoms with Gasteiger partial charge in [0.15, 0.2) is 0 Å². The van der Waals surface area contributed by atoms with Gasteiger partial charge < -0.3 is 15.0 Å². The van der Waals surface area contributed by atoms with E-state index in [4.69, 9.17) is 10.5 Å². The summed E-state index contributed by atoms with van der Waals surface area (Å²) in [5, 5.41) is 1.02. The van der Waals surface area contributed by atoms with Crippen molar-refractivity contribution in [3.63, 3.8) is 0 Å². The Morgan fingerprint density at radius 2 is 2.00 bits per heavy atom. The van der Waals surface area contributed by atoms with Crippen LogP contribution < -0.4 is 5.73 Å². The first-order valence-corrected chi connectivity index (χ1v) is 9.38. The average Bonchev–Trinajstić information content (AvgIpc) is 3.10. The molecule has 0 atom stereocenters. The molecule has 3 nitrogen and oxygen atoms in total. The summed E-state index contributed by atoms with van der Waals surface area (Å²) in [5.41, 5.74) is 9.72. The first-order valence-electron chi connectivity index (χ1n) is 9.38. The van der Waals surface area contributed by atoms with Gasteiger partial charge in [-0.1, -0.05) is 31.7 Å². The number of hydrogen-bond donors (Lipinski definition) is 1. The normalized spacial score (nSPS) is 11.3. The van der Waals surface area contributed by atoms with Crippen molar-refractivity contribution in [2.24, 2.45) is 5.73 Å². The number of nitrogens with two attached hydrogens (primary N) is 1. The Balaban J connectivity index is 2.20. The molecule has 0 aliphatic rings. The molecule has 0 fully saturated rings. The highest BCUT2D eigenvalue weighted by Gasteiger charge is 2.16. The fraction of sp³-hybridized carbons (Fsp3) is 0.304. The molecule has 3 rings (SSSR count). The predicted molar refractivity (Wildman–Crippen MR) is 110 cm³/mol. The molecule has 4 heteroatoms. The fourth-order valence-electron chi connectivity index (χ4n) is 3.31. The van der Waals surface area contributed by atoms with Gasteiger partial charge in [0, 0.05) is 47.2 Å². The molecule has 3 aromatic rings.